The van der Waals surface area contributed by atoms with Crippen molar-refractivity contribution in [1.82, 2.24) is 14.6 Å². The summed E-state index contributed by atoms with van der Waals surface area (Å²) in [7, 11) is 0. The number of hydrogen-bond donors (Lipinski definition) is 1. The van der Waals surface area contributed by atoms with E-state index in [1.165, 1.54) is 17.5 Å². The maximum absolute atomic E-state index is 12.6. The second kappa shape index (κ2) is 12.7. The summed E-state index contributed by atoms with van der Waals surface area (Å²) in [6.45, 7) is 12.7. The van der Waals surface area contributed by atoms with Gasteiger partial charge in [-0.3, -0.25) is 0 Å². The van der Waals surface area contributed by atoms with E-state index in [0.29, 0.717) is 43.2 Å². The second-order valence-corrected chi connectivity index (χ2v) is 13.0. The molecule has 228 valence electrons. The molecule has 0 aliphatic carbocycles. The van der Waals surface area contributed by atoms with Crippen LogP contribution < -0.4 is 4.90 Å². The summed E-state index contributed by atoms with van der Waals surface area (Å²) in [6.07, 6.45) is 6.07. The topological polar surface area (TPSA) is 98.4 Å². The second-order valence-electron chi connectivity index (χ2n) is 13.0. The molecule has 42 heavy (non-hydrogen) atoms. The molecule has 1 aromatic carbocycles. The maximum Gasteiger partial charge on any atom is 0.337 e. The lowest BCUT2D eigenvalue weighted by atomic mass is 9.92. The van der Waals surface area contributed by atoms with Crippen LogP contribution in [0.1, 0.15) is 100 Å². The van der Waals surface area contributed by atoms with Crippen LogP contribution in [-0.2, 0) is 38.6 Å². The first kappa shape index (κ1) is 30.4. The quantitative estimate of drug-likeness (QED) is 0.393. The van der Waals surface area contributed by atoms with Crippen molar-refractivity contribution in [2.45, 2.75) is 110 Å². The smallest absolute Gasteiger partial charge is 0.337 e. The average Bonchev–Trinajstić information content (AvgIpc) is 3.33. The molecule has 2 aromatic heterocycles. The van der Waals surface area contributed by atoms with Gasteiger partial charge in [0.05, 0.1) is 35.7 Å². The minimum atomic E-state index is -1.19. The Kier molecular flexibility index (Phi) is 9.20. The van der Waals surface area contributed by atoms with Crippen molar-refractivity contribution in [1.29, 1.82) is 0 Å². The molecular formula is C33H46N4O5. The number of rotatable bonds is 3. The standard InChI is InChI=1S/C33H46N4O5/c1-23-28(29(31(38)39)42-32(2,3)4)30-36-17-15-33(5,16-18-36)41-19-11-7-6-8-12-24-13-9-10-14-25(24)21-40-22-26-20-27(34-23)37(30)35-26/h9-10,13-14,20,29H,6-8,11-12,15-19,21-22H2,1-5H3,(H,38,39)/t29-/m0/s1. The van der Waals surface area contributed by atoms with Crippen molar-refractivity contribution in [3.63, 3.8) is 0 Å². The number of carbonyl (C=O) groups is 1. The largest absolute Gasteiger partial charge is 0.479 e. The van der Waals surface area contributed by atoms with Crippen molar-refractivity contribution in [3.8, 4) is 0 Å². The lowest BCUT2D eigenvalue weighted by Gasteiger charge is -2.41. The monoisotopic (exact) mass is 578 g/mol. The number of carboxylic acids is 1. The zero-order valence-electron chi connectivity index (χ0n) is 25.8. The van der Waals surface area contributed by atoms with E-state index in [4.69, 9.17) is 24.3 Å². The molecule has 9 heteroatoms. The van der Waals surface area contributed by atoms with Crippen molar-refractivity contribution in [2.24, 2.45) is 0 Å². The molecule has 4 bridgehead atoms. The summed E-state index contributed by atoms with van der Waals surface area (Å²) in [4.78, 5) is 19.7. The Morgan fingerprint density at radius 1 is 1.07 bits per heavy atom. The number of fused-ring (bicyclic) bond motifs is 10. The van der Waals surface area contributed by atoms with E-state index in [2.05, 4.69) is 36.1 Å². The lowest BCUT2D eigenvalue weighted by Crippen LogP contribution is -2.46. The van der Waals surface area contributed by atoms with Gasteiger partial charge in [-0.25, -0.2) is 9.78 Å². The number of benzene rings is 1. The van der Waals surface area contributed by atoms with Crippen LogP contribution in [0, 0.1) is 6.92 Å². The van der Waals surface area contributed by atoms with Crippen LogP contribution in [0.4, 0.5) is 5.82 Å². The van der Waals surface area contributed by atoms with Gasteiger partial charge in [-0.15, -0.1) is 0 Å². The Morgan fingerprint density at radius 2 is 1.79 bits per heavy atom. The van der Waals surface area contributed by atoms with Gasteiger partial charge in [0.15, 0.2) is 11.8 Å². The fourth-order valence-electron chi connectivity index (χ4n) is 6.06. The summed E-state index contributed by atoms with van der Waals surface area (Å²) in [5.41, 5.74) is 4.24. The molecule has 3 aromatic rings. The molecule has 3 aliphatic rings. The summed E-state index contributed by atoms with van der Waals surface area (Å²) < 4.78 is 20.6. The van der Waals surface area contributed by atoms with Gasteiger partial charge >= 0.3 is 5.97 Å². The molecule has 0 spiro atoms. The number of nitrogens with zero attached hydrogens (tertiary/aromatic N) is 4. The first-order chi connectivity index (χ1) is 20.0. The fraction of sp³-hybridized carbons (Fsp3) is 0.606. The van der Waals surface area contributed by atoms with E-state index in [-0.39, 0.29) is 5.60 Å². The number of piperidine rings is 1. The van der Waals surface area contributed by atoms with Gasteiger partial charge in [0, 0.05) is 31.5 Å². The van der Waals surface area contributed by atoms with Crippen LogP contribution in [0.5, 0.6) is 0 Å². The van der Waals surface area contributed by atoms with Gasteiger partial charge in [0.25, 0.3) is 0 Å². The van der Waals surface area contributed by atoms with E-state index >= 15 is 0 Å². The number of hydrogen-bond acceptors (Lipinski definition) is 7. The molecule has 1 fully saturated rings. The number of ether oxygens (including phenoxy) is 3. The van der Waals surface area contributed by atoms with Crippen molar-refractivity contribution < 1.29 is 24.1 Å². The van der Waals surface area contributed by atoms with E-state index in [1.807, 2.05) is 33.8 Å². The maximum atomic E-state index is 12.6. The fourth-order valence-corrected chi connectivity index (χ4v) is 6.06. The first-order valence-corrected chi connectivity index (χ1v) is 15.4. The highest BCUT2D eigenvalue weighted by atomic mass is 16.5. The third-order valence-corrected chi connectivity index (χ3v) is 8.35. The number of aliphatic carboxylic acids is 1. The average molecular weight is 579 g/mol. The molecular weight excluding hydrogens is 532 g/mol. The third kappa shape index (κ3) is 7.13. The third-order valence-electron chi connectivity index (χ3n) is 8.35. The van der Waals surface area contributed by atoms with Crippen molar-refractivity contribution in [3.05, 3.63) is 58.4 Å². The Hall–Kier alpha value is -3.01. The molecule has 1 N–H and O–H groups in total. The molecule has 6 rings (SSSR count). The van der Waals surface area contributed by atoms with Gasteiger partial charge in [-0.2, -0.15) is 9.61 Å². The first-order valence-electron chi connectivity index (χ1n) is 15.4. The highest BCUT2D eigenvalue weighted by Gasteiger charge is 2.37. The van der Waals surface area contributed by atoms with E-state index < -0.39 is 17.7 Å². The molecule has 0 unspecified atom stereocenters. The van der Waals surface area contributed by atoms with Crippen LogP contribution in [0.15, 0.2) is 30.3 Å². The van der Waals surface area contributed by atoms with Crippen LogP contribution in [0.3, 0.4) is 0 Å². The van der Waals surface area contributed by atoms with Crippen LogP contribution in [0.25, 0.3) is 5.65 Å². The molecule has 9 nitrogen and oxygen atoms in total. The molecule has 5 heterocycles. The molecule has 1 saturated heterocycles. The van der Waals surface area contributed by atoms with Gasteiger partial charge < -0.3 is 24.2 Å². The normalized spacial score (nSPS) is 19.5. The van der Waals surface area contributed by atoms with Gasteiger partial charge in [0.1, 0.15) is 5.82 Å². The summed E-state index contributed by atoms with van der Waals surface area (Å²) in [6, 6.07) is 10.4. The Balaban J connectivity index is 1.55. The highest BCUT2D eigenvalue weighted by molar-refractivity contribution is 5.78. The predicted octanol–water partition coefficient (Wildman–Crippen LogP) is 6.19. The summed E-state index contributed by atoms with van der Waals surface area (Å²) in [5, 5.41) is 15.3. The van der Waals surface area contributed by atoms with Gasteiger partial charge in [-0.1, -0.05) is 37.1 Å². The van der Waals surface area contributed by atoms with E-state index in [1.54, 1.807) is 4.52 Å². The molecule has 0 amide bonds. The van der Waals surface area contributed by atoms with Crippen LogP contribution >= 0.6 is 0 Å². The minimum Gasteiger partial charge on any atom is -0.479 e. The Morgan fingerprint density at radius 3 is 2.50 bits per heavy atom. The minimum absolute atomic E-state index is 0.213. The Labute approximate surface area is 249 Å². The molecule has 3 aliphatic heterocycles. The number of aryl methyl sites for hydroxylation is 2. The van der Waals surface area contributed by atoms with Crippen LogP contribution in [-0.4, -0.2) is 56.6 Å². The van der Waals surface area contributed by atoms with Crippen molar-refractivity contribution in [2.75, 3.05) is 24.6 Å². The lowest BCUT2D eigenvalue weighted by molar-refractivity contribution is -0.160. The molecule has 0 radical (unpaired) electrons. The van der Waals surface area contributed by atoms with Crippen LogP contribution in [0.2, 0.25) is 0 Å². The number of anilines is 1. The molecule has 1 atom stereocenters. The SMILES string of the molecule is Cc1nc2cc3nn2c(c1[C@H](OC(C)(C)C)C(=O)O)N1CCC(C)(CC1)OCCCCCCc1ccccc1COC3. The van der Waals surface area contributed by atoms with Crippen molar-refractivity contribution >= 4 is 17.4 Å². The molecule has 0 saturated carbocycles. The highest BCUT2D eigenvalue weighted by Crippen LogP contribution is 2.38. The van der Waals surface area contributed by atoms with E-state index in [0.717, 1.165) is 56.6 Å². The predicted molar refractivity (Wildman–Crippen MR) is 162 cm³/mol. The summed E-state index contributed by atoms with van der Waals surface area (Å²) in [5.74, 6) is -0.321. The van der Waals surface area contributed by atoms with Gasteiger partial charge in [-0.05, 0) is 77.8 Å². The number of carboxylic acid groups (broad SMARTS) is 1. The zero-order valence-corrected chi connectivity index (χ0v) is 25.8. The van der Waals surface area contributed by atoms with Gasteiger partial charge in [0.2, 0.25) is 0 Å². The number of aromatic nitrogens is 3. The Bertz CT molecular complexity index is 1390. The summed E-state index contributed by atoms with van der Waals surface area (Å²) >= 11 is 0. The zero-order chi connectivity index (χ0) is 29.9. The van der Waals surface area contributed by atoms with E-state index in [9.17, 15) is 9.90 Å².